The van der Waals surface area contributed by atoms with E-state index in [1.165, 1.54) is 12.8 Å². The summed E-state index contributed by atoms with van der Waals surface area (Å²) in [5, 5.41) is 0. The summed E-state index contributed by atoms with van der Waals surface area (Å²) in [4.78, 5) is 14.4. The second-order valence-electron chi connectivity index (χ2n) is 6.17. The molecule has 1 aliphatic carbocycles. The van der Waals surface area contributed by atoms with Gasteiger partial charge in [0, 0.05) is 25.0 Å². The number of carbonyl (C=O) groups excluding carboxylic acids is 1. The molecule has 0 aromatic heterocycles. The molecule has 98 valence electrons. The first-order valence-corrected chi connectivity index (χ1v) is 7.12. The molecule has 2 unspecified atom stereocenters. The molecule has 1 heterocycles. The first kappa shape index (κ1) is 12.9. The third kappa shape index (κ3) is 3.01. The summed E-state index contributed by atoms with van der Waals surface area (Å²) in [5.74, 6) is 2.03. The lowest BCUT2D eigenvalue weighted by Gasteiger charge is -2.38. The highest BCUT2D eigenvalue weighted by Crippen LogP contribution is 2.30. The standard InChI is InChI=1S/C14H26N2O/c1-10-3-5-12(6-4-10)14(17)16-8-7-11(2)13(15)9-16/h10-13H,3-9,15H2,1-2H3. The third-order valence-electron chi connectivity index (χ3n) is 4.69. The molecule has 1 aliphatic heterocycles. The van der Waals surface area contributed by atoms with Crippen molar-refractivity contribution in [2.45, 2.75) is 52.0 Å². The molecule has 0 bridgehead atoms. The van der Waals surface area contributed by atoms with Crippen molar-refractivity contribution < 1.29 is 4.79 Å². The van der Waals surface area contributed by atoms with Crippen LogP contribution in [-0.2, 0) is 4.79 Å². The van der Waals surface area contributed by atoms with E-state index in [1.807, 2.05) is 4.90 Å². The molecule has 3 heteroatoms. The smallest absolute Gasteiger partial charge is 0.225 e. The highest BCUT2D eigenvalue weighted by atomic mass is 16.2. The number of hydrogen-bond acceptors (Lipinski definition) is 2. The molecule has 1 saturated heterocycles. The van der Waals surface area contributed by atoms with Crippen LogP contribution in [0.3, 0.4) is 0 Å². The Morgan fingerprint density at radius 2 is 1.76 bits per heavy atom. The first-order valence-electron chi connectivity index (χ1n) is 7.12. The van der Waals surface area contributed by atoms with Crippen LogP contribution in [0.2, 0.25) is 0 Å². The van der Waals surface area contributed by atoms with Crippen molar-refractivity contribution >= 4 is 5.91 Å². The molecule has 3 nitrogen and oxygen atoms in total. The maximum absolute atomic E-state index is 12.4. The average Bonchev–Trinajstić information content (AvgIpc) is 2.33. The van der Waals surface area contributed by atoms with Crippen molar-refractivity contribution in [3.8, 4) is 0 Å². The van der Waals surface area contributed by atoms with Gasteiger partial charge in [-0.2, -0.15) is 0 Å². The number of likely N-dealkylation sites (tertiary alicyclic amines) is 1. The van der Waals surface area contributed by atoms with E-state index < -0.39 is 0 Å². The van der Waals surface area contributed by atoms with Gasteiger partial charge in [-0.1, -0.05) is 13.8 Å². The molecule has 0 aromatic carbocycles. The fourth-order valence-corrected chi connectivity index (χ4v) is 3.06. The maximum atomic E-state index is 12.4. The van der Waals surface area contributed by atoms with Gasteiger partial charge in [0.1, 0.15) is 0 Å². The topological polar surface area (TPSA) is 46.3 Å². The summed E-state index contributed by atoms with van der Waals surface area (Å²) in [6.07, 6.45) is 5.66. The number of nitrogens with two attached hydrogens (primary N) is 1. The number of amides is 1. The Kier molecular flexibility index (Phi) is 4.08. The van der Waals surface area contributed by atoms with Crippen molar-refractivity contribution in [2.24, 2.45) is 23.5 Å². The Hall–Kier alpha value is -0.570. The van der Waals surface area contributed by atoms with E-state index in [0.29, 0.717) is 11.8 Å². The Morgan fingerprint density at radius 3 is 2.35 bits per heavy atom. The van der Waals surface area contributed by atoms with E-state index in [9.17, 15) is 4.79 Å². The molecule has 1 saturated carbocycles. The minimum atomic E-state index is 0.176. The van der Waals surface area contributed by atoms with Crippen LogP contribution in [0.25, 0.3) is 0 Å². The second-order valence-corrected chi connectivity index (χ2v) is 6.17. The predicted octanol–water partition coefficient (Wildman–Crippen LogP) is 2.01. The quantitative estimate of drug-likeness (QED) is 0.759. The highest BCUT2D eigenvalue weighted by Gasteiger charge is 2.32. The fourth-order valence-electron chi connectivity index (χ4n) is 3.06. The monoisotopic (exact) mass is 238 g/mol. The summed E-state index contributed by atoms with van der Waals surface area (Å²) >= 11 is 0. The normalized spacial score (nSPS) is 39.1. The fraction of sp³-hybridized carbons (Fsp3) is 0.929. The summed E-state index contributed by atoms with van der Waals surface area (Å²) in [7, 11) is 0. The van der Waals surface area contributed by atoms with Crippen LogP contribution in [0.15, 0.2) is 0 Å². The lowest BCUT2D eigenvalue weighted by Crippen LogP contribution is -2.51. The van der Waals surface area contributed by atoms with Crippen LogP contribution < -0.4 is 5.73 Å². The Labute approximate surface area is 105 Å². The molecule has 0 aromatic rings. The molecule has 2 fully saturated rings. The van der Waals surface area contributed by atoms with Gasteiger partial charge in [0.15, 0.2) is 0 Å². The molecular formula is C14H26N2O. The van der Waals surface area contributed by atoms with Crippen LogP contribution in [0.5, 0.6) is 0 Å². The number of hydrogen-bond donors (Lipinski definition) is 1. The molecule has 0 spiro atoms. The van der Waals surface area contributed by atoms with Crippen molar-refractivity contribution in [1.29, 1.82) is 0 Å². The van der Waals surface area contributed by atoms with Crippen LogP contribution >= 0.6 is 0 Å². The van der Waals surface area contributed by atoms with Gasteiger partial charge in [0.2, 0.25) is 5.91 Å². The van der Waals surface area contributed by atoms with Crippen molar-refractivity contribution in [2.75, 3.05) is 13.1 Å². The van der Waals surface area contributed by atoms with Gasteiger partial charge in [-0.3, -0.25) is 4.79 Å². The van der Waals surface area contributed by atoms with E-state index in [0.717, 1.165) is 38.3 Å². The minimum Gasteiger partial charge on any atom is -0.341 e. The Bertz CT molecular complexity index is 271. The molecule has 2 aliphatic rings. The van der Waals surface area contributed by atoms with Crippen LogP contribution in [0.4, 0.5) is 0 Å². The highest BCUT2D eigenvalue weighted by molar-refractivity contribution is 5.79. The number of carbonyl (C=O) groups is 1. The van der Waals surface area contributed by atoms with Gasteiger partial charge in [-0.25, -0.2) is 0 Å². The molecule has 2 rings (SSSR count). The van der Waals surface area contributed by atoms with Gasteiger partial charge in [0.05, 0.1) is 0 Å². The van der Waals surface area contributed by atoms with Gasteiger partial charge < -0.3 is 10.6 Å². The molecule has 0 radical (unpaired) electrons. The summed E-state index contributed by atoms with van der Waals surface area (Å²) in [5.41, 5.74) is 6.06. The largest absolute Gasteiger partial charge is 0.341 e. The summed E-state index contributed by atoms with van der Waals surface area (Å²) in [6.45, 7) is 6.17. The molecular weight excluding hydrogens is 212 g/mol. The average molecular weight is 238 g/mol. The van der Waals surface area contributed by atoms with Crippen molar-refractivity contribution in [3.05, 3.63) is 0 Å². The predicted molar refractivity (Wildman–Crippen MR) is 69.5 cm³/mol. The van der Waals surface area contributed by atoms with Gasteiger partial charge in [-0.05, 0) is 43.9 Å². The van der Waals surface area contributed by atoms with Gasteiger partial charge >= 0.3 is 0 Å². The maximum Gasteiger partial charge on any atom is 0.225 e. The Balaban J connectivity index is 1.87. The number of piperidine rings is 1. The van der Waals surface area contributed by atoms with Gasteiger partial charge in [-0.15, -0.1) is 0 Å². The molecule has 1 amide bonds. The van der Waals surface area contributed by atoms with Gasteiger partial charge in [0.25, 0.3) is 0 Å². The zero-order chi connectivity index (χ0) is 12.4. The van der Waals surface area contributed by atoms with E-state index in [-0.39, 0.29) is 12.0 Å². The lowest BCUT2D eigenvalue weighted by atomic mass is 9.82. The van der Waals surface area contributed by atoms with Crippen LogP contribution in [0, 0.1) is 17.8 Å². The molecule has 2 N–H and O–H groups in total. The summed E-state index contributed by atoms with van der Waals surface area (Å²) < 4.78 is 0. The van der Waals surface area contributed by atoms with E-state index in [1.54, 1.807) is 0 Å². The van der Waals surface area contributed by atoms with E-state index >= 15 is 0 Å². The van der Waals surface area contributed by atoms with Crippen molar-refractivity contribution in [3.63, 3.8) is 0 Å². The summed E-state index contributed by atoms with van der Waals surface area (Å²) in [6, 6.07) is 0.176. The first-order chi connectivity index (χ1) is 8.08. The minimum absolute atomic E-state index is 0.176. The van der Waals surface area contributed by atoms with E-state index in [4.69, 9.17) is 5.73 Å². The van der Waals surface area contributed by atoms with Crippen LogP contribution in [0.1, 0.15) is 46.0 Å². The SMILES string of the molecule is CC1CCC(C(=O)N2CCC(C)C(N)C2)CC1. The number of rotatable bonds is 1. The number of nitrogens with zero attached hydrogens (tertiary/aromatic N) is 1. The van der Waals surface area contributed by atoms with Crippen molar-refractivity contribution in [1.82, 2.24) is 4.90 Å². The lowest BCUT2D eigenvalue weighted by molar-refractivity contribution is -0.138. The molecule has 17 heavy (non-hydrogen) atoms. The third-order valence-corrected chi connectivity index (χ3v) is 4.69. The molecule has 2 atom stereocenters. The van der Waals surface area contributed by atoms with Crippen LogP contribution in [-0.4, -0.2) is 29.9 Å². The second kappa shape index (κ2) is 5.38. The zero-order valence-corrected chi connectivity index (χ0v) is 11.2. The zero-order valence-electron chi connectivity index (χ0n) is 11.2. The van der Waals surface area contributed by atoms with E-state index in [2.05, 4.69) is 13.8 Å². The Morgan fingerprint density at radius 1 is 1.12 bits per heavy atom.